The molecule has 3 amide bonds. The van der Waals surface area contributed by atoms with Crippen LogP contribution in [0.2, 0.25) is 5.02 Å². The molecule has 3 aromatic carbocycles. The molecule has 0 bridgehead atoms. The molecule has 3 aromatic rings. The van der Waals surface area contributed by atoms with Crippen molar-refractivity contribution >= 4 is 47.0 Å². The number of hydrogen-bond donors (Lipinski definition) is 4. The van der Waals surface area contributed by atoms with Crippen LogP contribution in [-0.4, -0.2) is 50.9 Å². The van der Waals surface area contributed by atoms with E-state index in [2.05, 4.69) is 10.6 Å². The van der Waals surface area contributed by atoms with Gasteiger partial charge in [-0.2, -0.15) is 0 Å². The molecule has 0 radical (unpaired) electrons. The van der Waals surface area contributed by atoms with E-state index in [0.717, 1.165) is 16.0 Å². The molecule has 8 nitrogen and oxygen atoms in total. The number of halogens is 1. The van der Waals surface area contributed by atoms with E-state index < -0.39 is 34.9 Å². The van der Waals surface area contributed by atoms with Crippen molar-refractivity contribution in [2.45, 2.75) is 89.9 Å². The van der Waals surface area contributed by atoms with Crippen LogP contribution in [0.5, 0.6) is 0 Å². The van der Waals surface area contributed by atoms with E-state index in [1.165, 1.54) is 0 Å². The minimum Gasteiger partial charge on any atom is -0.465 e. The van der Waals surface area contributed by atoms with Gasteiger partial charge in [-0.25, -0.2) is 4.79 Å². The number of aliphatic hydroxyl groups excluding tert-OH is 1. The maximum Gasteiger partial charge on any atom is 0.405 e. The van der Waals surface area contributed by atoms with E-state index in [1.54, 1.807) is 40.9 Å². The van der Waals surface area contributed by atoms with Crippen LogP contribution < -0.4 is 10.6 Å². The fourth-order valence-electron chi connectivity index (χ4n) is 7.32. The van der Waals surface area contributed by atoms with E-state index in [0.29, 0.717) is 47.5 Å². The zero-order valence-corrected chi connectivity index (χ0v) is 30.3. The number of thioether (sulfide) groups is 1. The topological polar surface area (TPSA) is 119 Å². The molecule has 258 valence electrons. The molecule has 0 saturated heterocycles. The number of aliphatic hydroxyl groups is 1. The summed E-state index contributed by atoms with van der Waals surface area (Å²) >= 11 is 7.67. The first-order chi connectivity index (χ1) is 22.8. The smallest absolute Gasteiger partial charge is 0.405 e. The van der Waals surface area contributed by atoms with Crippen molar-refractivity contribution in [1.82, 2.24) is 10.2 Å². The third-order valence-electron chi connectivity index (χ3n) is 9.88. The van der Waals surface area contributed by atoms with Gasteiger partial charge in [0.25, 0.3) is 0 Å². The Morgan fingerprint density at radius 3 is 2.06 bits per heavy atom. The van der Waals surface area contributed by atoms with Crippen LogP contribution >= 0.6 is 23.4 Å². The normalized spacial score (nSPS) is 15.0. The molecule has 0 aromatic heterocycles. The Kier molecular flexibility index (Phi) is 12.3. The van der Waals surface area contributed by atoms with Crippen LogP contribution in [-0.2, 0) is 35.6 Å². The summed E-state index contributed by atoms with van der Waals surface area (Å²) in [5.74, 6) is -1.51. The van der Waals surface area contributed by atoms with Crippen molar-refractivity contribution in [2.75, 3.05) is 11.6 Å². The Balaban J connectivity index is 1.95. The first-order valence-electron chi connectivity index (χ1n) is 16.5. The van der Waals surface area contributed by atoms with Gasteiger partial charge >= 0.3 is 6.09 Å². The van der Waals surface area contributed by atoms with Gasteiger partial charge in [0.15, 0.2) is 0 Å². The summed E-state index contributed by atoms with van der Waals surface area (Å²) in [5.41, 5.74) is 1.51. The van der Waals surface area contributed by atoms with Gasteiger partial charge in [0.05, 0.1) is 6.61 Å². The van der Waals surface area contributed by atoms with Crippen molar-refractivity contribution in [1.29, 1.82) is 0 Å². The maximum atomic E-state index is 15.7. The van der Waals surface area contributed by atoms with Gasteiger partial charge in [-0.3, -0.25) is 9.59 Å². The third kappa shape index (κ3) is 7.85. The molecule has 4 rings (SSSR count). The molecule has 48 heavy (non-hydrogen) atoms. The lowest BCUT2D eigenvalue weighted by Crippen LogP contribution is -2.71. The number of nitrogens with one attached hydrogen (secondary N) is 2. The minimum absolute atomic E-state index is 0.00259. The van der Waals surface area contributed by atoms with Gasteiger partial charge in [0.2, 0.25) is 11.8 Å². The Bertz CT molecular complexity index is 1580. The fourth-order valence-corrected chi connectivity index (χ4v) is 7.91. The summed E-state index contributed by atoms with van der Waals surface area (Å²) in [4.78, 5) is 45.5. The molecule has 4 N–H and O–H groups in total. The Morgan fingerprint density at radius 1 is 0.958 bits per heavy atom. The first kappa shape index (κ1) is 37.3. The second-order valence-corrected chi connectivity index (χ2v) is 14.9. The minimum atomic E-state index is -1.61. The standard InChI is InChI=1S/C38H48ClN3O5S/c1-7-24(8-2)33(34(44)40-31-16-14-30(39)15-17-31)42(22-27-13-18-32(48-6)21-28(27)23-43)35(45)38(37(3,4)5,41-36(46)47)29-19-25-11-9-10-12-26(25)20-29/h9-18,21,24,29,33,41,43H,7-8,19-20,22-23H2,1-6H3,(H,40,44)(H,46,47)/t33?,38-/m0/s1. The molecule has 0 spiro atoms. The highest BCUT2D eigenvalue weighted by atomic mass is 35.5. The Morgan fingerprint density at radius 2 is 1.56 bits per heavy atom. The number of benzene rings is 3. The Hall–Kier alpha value is -3.53. The molecule has 0 fully saturated rings. The molecule has 1 aliphatic carbocycles. The number of carbonyl (C=O) groups is 3. The highest BCUT2D eigenvalue weighted by Crippen LogP contribution is 2.46. The predicted octanol–water partition coefficient (Wildman–Crippen LogP) is 7.79. The van der Waals surface area contributed by atoms with Crippen LogP contribution in [0.15, 0.2) is 71.6 Å². The van der Waals surface area contributed by atoms with Gasteiger partial charge in [-0.15, -0.1) is 11.8 Å². The number of hydrogen-bond acceptors (Lipinski definition) is 5. The lowest BCUT2D eigenvalue weighted by Gasteiger charge is -2.51. The zero-order chi connectivity index (χ0) is 35.2. The van der Waals surface area contributed by atoms with Crippen LogP contribution in [0.3, 0.4) is 0 Å². The molecule has 1 aliphatic rings. The van der Waals surface area contributed by atoms with Gasteiger partial charge < -0.3 is 25.7 Å². The van der Waals surface area contributed by atoms with Crippen molar-refractivity contribution in [3.8, 4) is 0 Å². The number of fused-ring (bicyclic) bond motifs is 1. The van der Waals surface area contributed by atoms with Crippen LogP contribution in [0.25, 0.3) is 0 Å². The van der Waals surface area contributed by atoms with Gasteiger partial charge in [-0.1, -0.05) is 89.4 Å². The second-order valence-electron chi connectivity index (χ2n) is 13.6. The lowest BCUT2D eigenvalue weighted by molar-refractivity contribution is -0.154. The third-order valence-corrected chi connectivity index (χ3v) is 10.9. The number of anilines is 1. The summed E-state index contributed by atoms with van der Waals surface area (Å²) in [6.45, 7) is 9.38. The van der Waals surface area contributed by atoms with E-state index in [9.17, 15) is 19.8 Å². The van der Waals surface area contributed by atoms with Crippen LogP contribution in [0.4, 0.5) is 10.5 Å². The van der Waals surface area contributed by atoms with Crippen molar-refractivity contribution < 1.29 is 24.6 Å². The predicted molar refractivity (Wildman–Crippen MR) is 193 cm³/mol. The summed E-state index contributed by atoms with van der Waals surface area (Å²) in [7, 11) is 0. The monoisotopic (exact) mass is 693 g/mol. The summed E-state index contributed by atoms with van der Waals surface area (Å²) in [6, 6.07) is 19.5. The quantitative estimate of drug-likeness (QED) is 0.136. The first-order valence-corrected chi connectivity index (χ1v) is 18.1. The van der Waals surface area contributed by atoms with Crippen molar-refractivity contribution in [3.63, 3.8) is 0 Å². The summed E-state index contributed by atoms with van der Waals surface area (Å²) in [5, 5.41) is 27.2. The molecular formula is C38H48ClN3O5S. The number of amides is 3. The molecule has 1 unspecified atom stereocenters. The zero-order valence-electron chi connectivity index (χ0n) is 28.7. The van der Waals surface area contributed by atoms with Crippen LogP contribution in [0, 0.1) is 17.3 Å². The lowest BCUT2D eigenvalue weighted by atomic mass is 9.63. The van der Waals surface area contributed by atoms with Crippen molar-refractivity contribution in [2.24, 2.45) is 17.3 Å². The van der Waals surface area contributed by atoms with E-state index in [1.807, 2.05) is 83.3 Å². The van der Waals surface area contributed by atoms with Gasteiger partial charge in [0, 0.05) is 22.2 Å². The maximum absolute atomic E-state index is 15.7. The van der Waals surface area contributed by atoms with E-state index in [-0.39, 0.29) is 25.0 Å². The van der Waals surface area contributed by atoms with E-state index in [4.69, 9.17) is 11.6 Å². The van der Waals surface area contributed by atoms with Crippen LogP contribution in [0.1, 0.15) is 69.7 Å². The van der Waals surface area contributed by atoms with E-state index >= 15 is 4.79 Å². The highest BCUT2D eigenvalue weighted by Gasteiger charge is 2.59. The molecule has 0 heterocycles. The fraction of sp³-hybridized carbons (Fsp3) is 0.447. The second kappa shape index (κ2) is 15.8. The molecule has 2 atom stereocenters. The largest absolute Gasteiger partial charge is 0.465 e. The highest BCUT2D eigenvalue weighted by molar-refractivity contribution is 7.98. The number of carboxylic acid groups (broad SMARTS) is 1. The average Bonchev–Trinajstić information content (AvgIpc) is 3.50. The molecule has 0 saturated carbocycles. The number of nitrogens with zero attached hydrogens (tertiary/aromatic N) is 1. The summed E-state index contributed by atoms with van der Waals surface area (Å²) < 4.78 is 0. The molecule has 10 heteroatoms. The molecular weight excluding hydrogens is 646 g/mol. The van der Waals surface area contributed by atoms with Crippen molar-refractivity contribution in [3.05, 3.63) is 94.0 Å². The summed E-state index contributed by atoms with van der Waals surface area (Å²) in [6.07, 6.45) is 2.85. The SMILES string of the molecule is CCC(CC)C(C(=O)Nc1ccc(Cl)cc1)N(Cc1ccc(SC)cc1CO)C(=O)[C@@](NC(=O)O)(C1Cc2ccccc2C1)C(C)(C)C. The number of rotatable bonds is 13. The Labute approximate surface area is 293 Å². The molecule has 0 aliphatic heterocycles. The number of carbonyl (C=O) groups excluding carboxylic acids is 2. The van der Waals surface area contributed by atoms with Gasteiger partial charge in [-0.05, 0) is 95.0 Å². The average molecular weight is 694 g/mol. The van der Waals surface area contributed by atoms with Gasteiger partial charge in [0.1, 0.15) is 11.6 Å².